The lowest BCUT2D eigenvalue weighted by atomic mass is 9.86. The number of nitrogens with zero attached hydrogens (tertiary/aromatic N) is 1. The quantitative estimate of drug-likeness (QED) is 0.223. The fraction of sp³-hybridized carbons (Fsp3) is 0.161. The highest BCUT2D eigenvalue weighted by atomic mass is 19.1. The number of carbonyl (C=O) groups is 1. The Morgan fingerprint density at radius 1 is 0.921 bits per heavy atom. The lowest BCUT2D eigenvalue weighted by Gasteiger charge is -2.19. The normalized spacial score (nSPS) is 12.3. The average molecular weight is 510 g/mol. The summed E-state index contributed by atoms with van der Waals surface area (Å²) in [5, 5.41) is 21.3. The fourth-order valence-electron chi connectivity index (χ4n) is 4.25. The topological polar surface area (TPSA) is 87.4 Å². The Bertz CT molecular complexity index is 1590. The van der Waals surface area contributed by atoms with E-state index < -0.39 is 17.8 Å². The highest BCUT2D eigenvalue weighted by molar-refractivity contribution is 5.98. The molecule has 0 spiro atoms. The monoisotopic (exact) mass is 509 g/mol. The molecule has 192 valence electrons. The smallest absolute Gasteiger partial charge is 0.257 e. The number of aliphatic hydroxyl groups excluding tert-OH is 1. The average Bonchev–Trinajstić information content (AvgIpc) is 3.30. The first-order chi connectivity index (χ1) is 18.2. The second kappa shape index (κ2) is 10.1. The maximum absolute atomic E-state index is 15.5. The van der Waals surface area contributed by atoms with Crippen molar-refractivity contribution >= 4 is 34.1 Å². The number of para-hydroxylation sites is 1. The minimum absolute atomic E-state index is 0.0256. The SMILES string of the molecule is CC(C)(C)c1ccc(-c2cccc(C(O)C(=O)Nc3ccc4c(Nc5ccccc5)onc4c3)c2F)cc1. The molecule has 1 amide bonds. The molecule has 5 rings (SSSR count). The molecule has 0 bridgehead atoms. The molecule has 4 aromatic carbocycles. The lowest BCUT2D eigenvalue weighted by molar-refractivity contribution is -0.124. The Morgan fingerprint density at radius 3 is 2.37 bits per heavy atom. The number of rotatable bonds is 6. The zero-order valence-corrected chi connectivity index (χ0v) is 21.3. The molecule has 0 aliphatic carbocycles. The minimum atomic E-state index is -1.70. The molecule has 6 nitrogen and oxygen atoms in total. The van der Waals surface area contributed by atoms with Crippen molar-refractivity contribution in [3.8, 4) is 11.1 Å². The van der Waals surface area contributed by atoms with Gasteiger partial charge in [-0.2, -0.15) is 0 Å². The Labute approximate surface area is 220 Å². The number of carbonyl (C=O) groups excluding carboxylic acids is 1. The van der Waals surface area contributed by atoms with E-state index in [9.17, 15) is 9.90 Å². The highest BCUT2D eigenvalue weighted by Crippen LogP contribution is 2.32. The van der Waals surface area contributed by atoms with Crippen LogP contribution in [0.1, 0.15) is 38.0 Å². The van der Waals surface area contributed by atoms with Gasteiger partial charge in [0, 0.05) is 22.5 Å². The van der Waals surface area contributed by atoms with E-state index in [0.717, 1.165) is 16.6 Å². The van der Waals surface area contributed by atoms with Gasteiger partial charge in [0.2, 0.25) is 5.88 Å². The number of anilines is 3. The van der Waals surface area contributed by atoms with Crippen LogP contribution in [0.3, 0.4) is 0 Å². The number of halogens is 1. The van der Waals surface area contributed by atoms with Gasteiger partial charge in [0.25, 0.3) is 5.91 Å². The van der Waals surface area contributed by atoms with Crippen molar-refractivity contribution in [2.45, 2.75) is 32.3 Å². The van der Waals surface area contributed by atoms with Crippen molar-refractivity contribution < 1.29 is 18.8 Å². The third kappa shape index (κ3) is 5.14. The Hall–Kier alpha value is -4.49. The van der Waals surface area contributed by atoms with Gasteiger partial charge >= 0.3 is 0 Å². The molecule has 0 aliphatic rings. The summed E-state index contributed by atoms with van der Waals surface area (Å²) in [6.07, 6.45) is -1.70. The van der Waals surface area contributed by atoms with E-state index in [2.05, 4.69) is 36.6 Å². The van der Waals surface area contributed by atoms with Crippen molar-refractivity contribution in [3.05, 3.63) is 108 Å². The minimum Gasteiger partial charge on any atom is -0.378 e. The number of nitrogens with one attached hydrogen (secondary N) is 2. The van der Waals surface area contributed by atoms with Crippen LogP contribution >= 0.6 is 0 Å². The van der Waals surface area contributed by atoms with Crippen LogP contribution in [0.25, 0.3) is 22.0 Å². The van der Waals surface area contributed by atoms with Crippen molar-refractivity contribution in [1.29, 1.82) is 0 Å². The largest absolute Gasteiger partial charge is 0.378 e. The molecule has 1 atom stereocenters. The zero-order valence-electron chi connectivity index (χ0n) is 21.3. The van der Waals surface area contributed by atoms with Gasteiger partial charge in [-0.3, -0.25) is 4.79 Å². The molecule has 0 radical (unpaired) electrons. The zero-order chi connectivity index (χ0) is 26.9. The molecule has 1 aromatic heterocycles. The number of hydrogen-bond donors (Lipinski definition) is 3. The molecule has 0 aliphatic heterocycles. The van der Waals surface area contributed by atoms with Gasteiger partial charge in [0.1, 0.15) is 11.3 Å². The molecule has 7 heteroatoms. The Kier molecular flexibility index (Phi) is 6.70. The second-order valence-corrected chi connectivity index (χ2v) is 10.2. The van der Waals surface area contributed by atoms with Crippen molar-refractivity contribution in [3.63, 3.8) is 0 Å². The third-order valence-corrected chi connectivity index (χ3v) is 6.41. The molecule has 1 heterocycles. The van der Waals surface area contributed by atoms with Crippen LogP contribution in [0.15, 0.2) is 95.5 Å². The van der Waals surface area contributed by atoms with E-state index in [-0.39, 0.29) is 11.0 Å². The maximum Gasteiger partial charge on any atom is 0.257 e. The van der Waals surface area contributed by atoms with Crippen LogP contribution in [-0.4, -0.2) is 16.2 Å². The van der Waals surface area contributed by atoms with Gasteiger partial charge in [-0.15, -0.1) is 0 Å². The van der Waals surface area contributed by atoms with E-state index in [1.165, 1.54) is 6.07 Å². The van der Waals surface area contributed by atoms with E-state index in [4.69, 9.17) is 4.52 Å². The van der Waals surface area contributed by atoms with Crippen LogP contribution in [-0.2, 0) is 10.2 Å². The van der Waals surface area contributed by atoms with Crippen molar-refractivity contribution in [1.82, 2.24) is 5.16 Å². The van der Waals surface area contributed by atoms with E-state index in [0.29, 0.717) is 28.2 Å². The fourth-order valence-corrected chi connectivity index (χ4v) is 4.25. The maximum atomic E-state index is 15.5. The number of aromatic nitrogens is 1. The van der Waals surface area contributed by atoms with E-state index in [1.807, 2.05) is 54.6 Å². The Morgan fingerprint density at radius 2 is 1.66 bits per heavy atom. The molecule has 0 fully saturated rings. The lowest BCUT2D eigenvalue weighted by Crippen LogP contribution is -2.21. The summed E-state index contributed by atoms with van der Waals surface area (Å²) in [5.41, 5.74) is 3.75. The number of fused-ring (bicyclic) bond motifs is 1. The van der Waals surface area contributed by atoms with Gasteiger partial charge in [0.15, 0.2) is 6.10 Å². The number of benzene rings is 4. The second-order valence-electron chi connectivity index (χ2n) is 10.2. The van der Waals surface area contributed by atoms with E-state index in [1.54, 1.807) is 30.3 Å². The summed E-state index contributed by atoms with van der Waals surface area (Å²) in [4.78, 5) is 12.9. The first kappa shape index (κ1) is 25.2. The summed E-state index contributed by atoms with van der Waals surface area (Å²) >= 11 is 0. The van der Waals surface area contributed by atoms with Crippen LogP contribution in [0, 0.1) is 5.82 Å². The molecule has 0 saturated carbocycles. The summed E-state index contributed by atoms with van der Waals surface area (Å²) in [7, 11) is 0. The predicted octanol–water partition coefficient (Wildman–Crippen LogP) is 7.35. The molecule has 3 N–H and O–H groups in total. The summed E-state index contributed by atoms with van der Waals surface area (Å²) < 4.78 is 20.9. The molecule has 5 aromatic rings. The van der Waals surface area contributed by atoms with Gasteiger partial charge in [-0.05, 0) is 46.9 Å². The molecule has 38 heavy (non-hydrogen) atoms. The van der Waals surface area contributed by atoms with Gasteiger partial charge < -0.3 is 20.3 Å². The van der Waals surface area contributed by atoms with E-state index >= 15 is 4.39 Å². The van der Waals surface area contributed by atoms with Crippen LogP contribution in [0.5, 0.6) is 0 Å². The van der Waals surface area contributed by atoms with Crippen LogP contribution < -0.4 is 10.6 Å². The molecule has 1 unspecified atom stereocenters. The molecular formula is C31H28FN3O3. The highest BCUT2D eigenvalue weighted by Gasteiger charge is 2.24. The molecular weight excluding hydrogens is 481 g/mol. The first-order valence-corrected chi connectivity index (χ1v) is 12.3. The number of hydrogen-bond acceptors (Lipinski definition) is 5. The molecule has 0 saturated heterocycles. The Balaban J connectivity index is 1.33. The van der Waals surface area contributed by atoms with Crippen LogP contribution in [0.4, 0.5) is 21.6 Å². The van der Waals surface area contributed by atoms with Gasteiger partial charge in [-0.25, -0.2) is 4.39 Å². The van der Waals surface area contributed by atoms with Gasteiger partial charge in [-0.1, -0.05) is 86.6 Å². The summed E-state index contributed by atoms with van der Waals surface area (Å²) in [6, 6.07) is 26.9. The van der Waals surface area contributed by atoms with Crippen molar-refractivity contribution in [2.24, 2.45) is 0 Å². The van der Waals surface area contributed by atoms with Crippen molar-refractivity contribution in [2.75, 3.05) is 10.6 Å². The summed E-state index contributed by atoms with van der Waals surface area (Å²) in [6.45, 7) is 6.33. The predicted molar refractivity (Wildman–Crippen MR) is 148 cm³/mol. The summed E-state index contributed by atoms with van der Waals surface area (Å²) in [5.74, 6) is -0.921. The third-order valence-electron chi connectivity index (χ3n) is 6.41. The standard InChI is InChI=1S/C31H28FN3O3/c1-31(2,3)20-14-12-19(13-15-20)23-10-7-11-25(27(23)32)28(36)29(37)33-22-16-17-24-26(18-22)35-38-30(24)34-21-8-5-4-6-9-21/h4-18,28,34,36H,1-3H3,(H,33,37). The number of amides is 1. The first-order valence-electron chi connectivity index (χ1n) is 12.3. The van der Waals surface area contributed by atoms with Gasteiger partial charge in [0.05, 0.1) is 5.39 Å². The number of aliphatic hydroxyl groups is 1. The van der Waals surface area contributed by atoms with Crippen LogP contribution in [0.2, 0.25) is 0 Å².